The van der Waals surface area contributed by atoms with E-state index in [1.165, 1.54) is 12.1 Å². The molecule has 0 aliphatic heterocycles. The van der Waals surface area contributed by atoms with Crippen molar-refractivity contribution in [3.63, 3.8) is 0 Å². The monoisotopic (exact) mass is 193 g/mol. The van der Waals surface area contributed by atoms with E-state index in [2.05, 4.69) is 24.0 Å². The fourth-order valence-electron chi connectivity index (χ4n) is 1.19. The highest BCUT2D eigenvalue weighted by molar-refractivity contribution is 5.49. The molecule has 0 bridgehead atoms. The maximum Gasteiger partial charge on any atom is 0.121 e. The number of benzene rings is 1. The van der Waals surface area contributed by atoms with Crippen molar-refractivity contribution in [1.82, 2.24) is 0 Å². The van der Waals surface area contributed by atoms with Gasteiger partial charge in [0.05, 0.1) is 6.61 Å². The van der Waals surface area contributed by atoms with E-state index >= 15 is 0 Å². The van der Waals surface area contributed by atoms with Crippen molar-refractivity contribution in [1.29, 1.82) is 0 Å². The average Bonchev–Trinajstić information content (AvgIpc) is 2.19. The molecule has 1 rings (SSSR count). The lowest BCUT2D eigenvalue weighted by Crippen LogP contribution is -2.08. The van der Waals surface area contributed by atoms with Gasteiger partial charge in [-0.3, -0.25) is 0 Å². The number of ether oxygens (including phenoxy) is 1. The first-order valence-corrected chi connectivity index (χ1v) is 5.14. The molecule has 0 unspecified atom stereocenters. The summed E-state index contributed by atoms with van der Waals surface area (Å²) in [6.07, 6.45) is 2.29. The first-order valence-electron chi connectivity index (χ1n) is 5.14. The Labute approximate surface area is 86.5 Å². The lowest BCUT2D eigenvalue weighted by molar-refractivity contribution is 0.309. The molecule has 2 nitrogen and oxygen atoms in total. The summed E-state index contributed by atoms with van der Waals surface area (Å²) in [5, 5.41) is 0. The van der Waals surface area contributed by atoms with Crippen molar-refractivity contribution in [2.45, 2.75) is 19.8 Å². The minimum atomic E-state index is 0.813. The predicted molar refractivity (Wildman–Crippen MR) is 61.2 cm³/mol. The molecule has 78 valence electrons. The Balaban J connectivity index is 2.55. The van der Waals surface area contributed by atoms with Crippen LogP contribution in [0.25, 0.3) is 0 Å². The zero-order valence-electron chi connectivity index (χ0n) is 9.29. The summed E-state index contributed by atoms with van der Waals surface area (Å²) in [4.78, 5) is 2.08. The van der Waals surface area contributed by atoms with Crippen LogP contribution in [0, 0.1) is 0 Å². The van der Waals surface area contributed by atoms with Gasteiger partial charge in [-0.15, -0.1) is 0 Å². The van der Waals surface area contributed by atoms with Crippen LogP contribution >= 0.6 is 0 Å². The van der Waals surface area contributed by atoms with Crippen molar-refractivity contribution in [2.24, 2.45) is 0 Å². The van der Waals surface area contributed by atoms with Gasteiger partial charge in [-0.2, -0.15) is 0 Å². The lowest BCUT2D eigenvalue weighted by Gasteiger charge is -2.13. The second-order valence-electron chi connectivity index (χ2n) is 3.59. The second-order valence-corrected chi connectivity index (χ2v) is 3.59. The smallest absolute Gasteiger partial charge is 0.121 e. The quantitative estimate of drug-likeness (QED) is 0.667. The molecule has 0 radical (unpaired) electrons. The van der Waals surface area contributed by atoms with E-state index in [1.807, 2.05) is 26.2 Å². The molecule has 0 saturated heterocycles. The average molecular weight is 193 g/mol. The third kappa shape index (κ3) is 3.29. The number of rotatable bonds is 5. The van der Waals surface area contributed by atoms with Crippen molar-refractivity contribution >= 4 is 5.69 Å². The van der Waals surface area contributed by atoms with Gasteiger partial charge in [-0.1, -0.05) is 19.4 Å². The fraction of sp³-hybridized carbons (Fsp3) is 0.500. The van der Waals surface area contributed by atoms with Gasteiger partial charge in [0, 0.05) is 25.8 Å². The largest absolute Gasteiger partial charge is 0.494 e. The van der Waals surface area contributed by atoms with E-state index in [9.17, 15) is 0 Å². The van der Waals surface area contributed by atoms with Gasteiger partial charge >= 0.3 is 0 Å². The van der Waals surface area contributed by atoms with E-state index in [1.54, 1.807) is 0 Å². The summed E-state index contributed by atoms with van der Waals surface area (Å²) < 4.78 is 5.61. The molecule has 2 heteroatoms. The summed E-state index contributed by atoms with van der Waals surface area (Å²) in [5.41, 5.74) is 1.18. The zero-order valence-corrected chi connectivity index (χ0v) is 9.29. The van der Waals surface area contributed by atoms with Gasteiger partial charge in [0.2, 0.25) is 0 Å². The Morgan fingerprint density at radius 1 is 1.29 bits per heavy atom. The Morgan fingerprint density at radius 2 is 2.07 bits per heavy atom. The summed E-state index contributed by atoms with van der Waals surface area (Å²) in [6.45, 7) is 2.98. The van der Waals surface area contributed by atoms with Crippen LogP contribution in [0.5, 0.6) is 5.75 Å². The standard InChI is InChI=1S/C12H19NO/c1-4-5-9-14-12-8-6-7-11(10-12)13(2)3/h6-8,10H,4-5,9H2,1-3H3. The molecule has 0 N–H and O–H groups in total. The normalized spacial score (nSPS) is 9.93. The van der Waals surface area contributed by atoms with Gasteiger partial charge < -0.3 is 9.64 Å². The minimum absolute atomic E-state index is 0.813. The van der Waals surface area contributed by atoms with E-state index in [0.29, 0.717) is 0 Å². The number of hydrogen-bond acceptors (Lipinski definition) is 2. The summed E-state index contributed by atoms with van der Waals surface area (Å²) >= 11 is 0. The Hall–Kier alpha value is -1.18. The molecule has 0 heterocycles. The van der Waals surface area contributed by atoms with Gasteiger partial charge in [0.25, 0.3) is 0 Å². The molecule has 1 aromatic rings. The number of anilines is 1. The van der Waals surface area contributed by atoms with Crippen molar-refractivity contribution in [3.8, 4) is 5.75 Å². The van der Waals surface area contributed by atoms with E-state index in [4.69, 9.17) is 4.74 Å². The maximum absolute atomic E-state index is 5.61. The molecular formula is C12H19NO. The zero-order chi connectivity index (χ0) is 10.4. The van der Waals surface area contributed by atoms with Crippen LogP contribution in [0.2, 0.25) is 0 Å². The molecule has 0 amide bonds. The van der Waals surface area contributed by atoms with Gasteiger partial charge in [0.1, 0.15) is 5.75 Å². The molecule has 0 aromatic heterocycles. The van der Waals surface area contributed by atoms with Crippen LogP contribution in [0.15, 0.2) is 24.3 Å². The fourth-order valence-corrected chi connectivity index (χ4v) is 1.19. The van der Waals surface area contributed by atoms with E-state index in [-0.39, 0.29) is 0 Å². The third-order valence-corrected chi connectivity index (χ3v) is 2.10. The first-order chi connectivity index (χ1) is 6.74. The van der Waals surface area contributed by atoms with Crippen LogP contribution in [0.3, 0.4) is 0 Å². The third-order valence-electron chi connectivity index (χ3n) is 2.10. The van der Waals surface area contributed by atoms with Crippen LogP contribution in [-0.2, 0) is 0 Å². The Morgan fingerprint density at radius 3 is 2.71 bits per heavy atom. The molecule has 0 fully saturated rings. The maximum atomic E-state index is 5.61. The lowest BCUT2D eigenvalue weighted by atomic mass is 10.3. The number of unbranched alkanes of at least 4 members (excludes halogenated alkanes) is 1. The van der Waals surface area contributed by atoms with Gasteiger partial charge in [0.15, 0.2) is 0 Å². The Bertz CT molecular complexity index is 271. The SMILES string of the molecule is CCCCOc1cccc(N(C)C)c1. The highest BCUT2D eigenvalue weighted by atomic mass is 16.5. The van der Waals surface area contributed by atoms with Crippen molar-refractivity contribution in [2.75, 3.05) is 25.6 Å². The minimum Gasteiger partial charge on any atom is -0.494 e. The highest BCUT2D eigenvalue weighted by Crippen LogP contribution is 2.19. The molecule has 0 spiro atoms. The molecule has 0 saturated carbocycles. The molecular weight excluding hydrogens is 174 g/mol. The van der Waals surface area contributed by atoms with Gasteiger partial charge in [-0.25, -0.2) is 0 Å². The molecule has 0 aliphatic carbocycles. The van der Waals surface area contributed by atoms with Crippen LogP contribution < -0.4 is 9.64 Å². The van der Waals surface area contributed by atoms with Crippen molar-refractivity contribution in [3.05, 3.63) is 24.3 Å². The van der Waals surface area contributed by atoms with Crippen LogP contribution in [-0.4, -0.2) is 20.7 Å². The summed E-state index contributed by atoms with van der Waals surface area (Å²) in [7, 11) is 4.07. The topological polar surface area (TPSA) is 12.5 Å². The number of hydrogen-bond donors (Lipinski definition) is 0. The molecule has 14 heavy (non-hydrogen) atoms. The van der Waals surface area contributed by atoms with E-state index < -0.39 is 0 Å². The number of nitrogens with zero attached hydrogens (tertiary/aromatic N) is 1. The van der Waals surface area contributed by atoms with Crippen molar-refractivity contribution < 1.29 is 4.74 Å². The second kappa shape index (κ2) is 5.53. The highest BCUT2D eigenvalue weighted by Gasteiger charge is 1.97. The molecule has 1 aromatic carbocycles. The molecule has 0 atom stereocenters. The van der Waals surface area contributed by atoms with E-state index in [0.717, 1.165) is 18.8 Å². The molecule has 0 aliphatic rings. The summed E-state index contributed by atoms with van der Waals surface area (Å²) in [5.74, 6) is 0.963. The predicted octanol–water partition coefficient (Wildman–Crippen LogP) is 2.93. The summed E-state index contributed by atoms with van der Waals surface area (Å²) in [6, 6.07) is 8.17. The Kier molecular flexibility index (Phi) is 4.30. The first kappa shape index (κ1) is 10.9. The van der Waals surface area contributed by atoms with Crippen LogP contribution in [0.4, 0.5) is 5.69 Å². The van der Waals surface area contributed by atoms with Crippen LogP contribution in [0.1, 0.15) is 19.8 Å². The van der Waals surface area contributed by atoms with Gasteiger partial charge in [-0.05, 0) is 18.6 Å².